The summed E-state index contributed by atoms with van der Waals surface area (Å²) in [7, 11) is 0. The Morgan fingerprint density at radius 2 is 1.00 bits per heavy atom. The predicted molar refractivity (Wildman–Crippen MR) is 65.6 cm³/mol. The van der Waals surface area contributed by atoms with Crippen LogP contribution in [0.4, 0.5) is 0 Å². The average Bonchev–Trinajstić information content (AvgIpc) is 2.30. The Bertz CT molecular complexity index is 444. The summed E-state index contributed by atoms with van der Waals surface area (Å²) in [5, 5.41) is 0. The summed E-state index contributed by atoms with van der Waals surface area (Å²) in [4.78, 5) is 0. The van der Waals surface area contributed by atoms with Crippen LogP contribution in [-0.4, -0.2) is 4.11 Å². The van der Waals surface area contributed by atoms with Gasteiger partial charge in [-0.15, -0.1) is 0 Å². The van der Waals surface area contributed by atoms with E-state index >= 15 is 0 Å². The Balaban J connectivity index is 2.32. The number of aryl methyl sites for hydroxylation is 2. The van der Waals surface area contributed by atoms with Gasteiger partial charge in [-0.25, -0.2) is 0 Å². The van der Waals surface area contributed by atoms with Gasteiger partial charge in [0.1, 0.15) is 0 Å². The van der Waals surface area contributed by atoms with E-state index in [0.29, 0.717) is 0 Å². The zero-order valence-corrected chi connectivity index (χ0v) is 12.8. The molecule has 0 unspecified atom stereocenters. The van der Waals surface area contributed by atoms with E-state index in [4.69, 9.17) is 0 Å². The summed E-state index contributed by atoms with van der Waals surface area (Å²) < 4.78 is 1.46. The second-order valence-corrected chi connectivity index (χ2v) is 5.69. The van der Waals surface area contributed by atoms with Crippen molar-refractivity contribution < 1.29 is 17.9 Å². The van der Waals surface area contributed by atoms with E-state index in [2.05, 4.69) is 62.4 Å². The fraction of sp³-hybridized carbons (Fsp3) is 0.133. The van der Waals surface area contributed by atoms with Gasteiger partial charge in [-0.1, -0.05) is 0 Å². The van der Waals surface area contributed by atoms with Crippen molar-refractivity contribution in [3.63, 3.8) is 0 Å². The molecule has 0 aromatic heterocycles. The molecule has 0 N–H and O–H groups in total. The first kappa shape index (κ1) is 11.4. The third-order valence-corrected chi connectivity index (χ3v) is 4.51. The van der Waals surface area contributed by atoms with E-state index in [1.165, 1.54) is 44.2 Å². The Hall–Kier alpha value is -1.07. The van der Waals surface area contributed by atoms with Crippen LogP contribution >= 0.6 is 0 Å². The molecule has 76 valence electrons. The number of hydrogen-bond acceptors (Lipinski definition) is 0. The van der Waals surface area contributed by atoms with Crippen LogP contribution in [0.25, 0.3) is 0 Å². The molecule has 0 heterocycles. The van der Waals surface area contributed by atoms with Gasteiger partial charge in [0.25, 0.3) is 0 Å². The van der Waals surface area contributed by atoms with Crippen LogP contribution in [0.2, 0.25) is 0 Å². The van der Waals surface area contributed by atoms with Crippen molar-refractivity contribution in [1.29, 1.82) is 0 Å². The molecule has 2 rings (SSSR count). The topological polar surface area (TPSA) is 0 Å². The quantitative estimate of drug-likeness (QED) is 0.725. The van der Waals surface area contributed by atoms with Gasteiger partial charge in [-0.3, -0.25) is 0 Å². The van der Waals surface area contributed by atoms with Gasteiger partial charge in [-0.05, 0) is 0 Å². The second-order valence-electron chi connectivity index (χ2n) is 4.21. The molecule has 0 nitrogen and oxygen atoms in total. The molecule has 2 aromatic carbocycles. The van der Waals surface area contributed by atoms with Crippen molar-refractivity contribution in [2.75, 3.05) is 0 Å². The van der Waals surface area contributed by atoms with E-state index in [1.807, 2.05) is 0 Å². The Morgan fingerprint density at radius 3 is 1.31 bits per heavy atom. The van der Waals surface area contributed by atoms with Crippen molar-refractivity contribution in [3.05, 3.63) is 70.8 Å². The van der Waals surface area contributed by atoms with E-state index in [0.717, 1.165) is 0 Å². The zero-order chi connectivity index (χ0) is 11.5. The zero-order valence-electron chi connectivity index (χ0n) is 9.83. The van der Waals surface area contributed by atoms with Gasteiger partial charge in [0.15, 0.2) is 0 Å². The summed E-state index contributed by atoms with van der Waals surface area (Å²) in [5.41, 5.74) is 5.35. The first-order valence-electron chi connectivity index (χ1n) is 5.50. The SMILES string of the molecule is Cc1ccc([C](=[Zn])c2ccc(C)cc2)cc1. The molecule has 0 saturated carbocycles. The molecule has 0 atom stereocenters. The molecular weight excluding hydrogens is 246 g/mol. The van der Waals surface area contributed by atoms with Gasteiger partial charge >= 0.3 is 107 Å². The van der Waals surface area contributed by atoms with Gasteiger partial charge in [0.2, 0.25) is 0 Å². The average molecular weight is 260 g/mol. The van der Waals surface area contributed by atoms with E-state index in [1.54, 1.807) is 0 Å². The predicted octanol–water partition coefficient (Wildman–Crippen LogP) is 3.42. The van der Waals surface area contributed by atoms with Crippen LogP contribution < -0.4 is 0 Å². The van der Waals surface area contributed by atoms with Crippen LogP contribution in [0, 0.1) is 13.8 Å². The van der Waals surface area contributed by atoms with Gasteiger partial charge < -0.3 is 0 Å². The van der Waals surface area contributed by atoms with Gasteiger partial charge in [0, 0.05) is 0 Å². The standard InChI is InChI=1S/C15H14.Zn/c1-12-3-7-14(8-4-12)11-15-9-5-13(2)6-10-15;/h3-10H,1-2H3;. The van der Waals surface area contributed by atoms with Crippen LogP contribution in [0.1, 0.15) is 22.3 Å². The molecule has 0 fully saturated rings. The summed E-state index contributed by atoms with van der Waals surface area (Å²) in [5.74, 6) is 0. The van der Waals surface area contributed by atoms with E-state index in [9.17, 15) is 0 Å². The molecule has 0 aliphatic carbocycles. The van der Waals surface area contributed by atoms with Crippen molar-refractivity contribution in [2.45, 2.75) is 13.8 Å². The molecule has 0 bridgehead atoms. The molecule has 0 saturated heterocycles. The summed E-state index contributed by atoms with van der Waals surface area (Å²) in [6.07, 6.45) is 0. The third kappa shape index (κ3) is 2.54. The van der Waals surface area contributed by atoms with E-state index in [-0.39, 0.29) is 0 Å². The monoisotopic (exact) mass is 258 g/mol. The van der Waals surface area contributed by atoms with Gasteiger partial charge in [-0.2, -0.15) is 0 Å². The first-order chi connectivity index (χ1) is 7.66. The number of hydrogen-bond donors (Lipinski definition) is 0. The normalized spacial score (nSPS) is 10.2. The second kappa shape index (κ2) is 4.84. The maximum absolute atomic E-state index is 2.22. The van der Waals surface area contributed by atoms with Crippen LogP contribution in [0.15, 0.2) is 48.5 Å². The fourth-order valence-electron chi connectivity index (χ4n) is 1.68. The molecule has 1 heteroatoms. The van der Waals surface area contributed by atoms with Crippen molar-refractivity contribution in [3.8, 4) is 0 Å². The Morgan fingerprint density at radius 1 is 0.688 bits per heavy atom. The molecule has 2 aromatic rings. The molecule has 0 radical (unpaired) electrons. The first-order valence-corrected chi connectivity index (χ1v) is 6.98. The molecule has 0 amide bonds. The number of rotatable bonds is 2. The molecule has 0 aliphatic rings. The van der Waals surface area contributed by atoms with Gasteiger partial charge in [0.05, 0.1) is 0 Å². The Labute approximate surface area is 107 Å². The Kier molecular flexibility index (Phi) is 3.46. The molecular formula is C15H14Zn. The van der Waals surface area contributed by atoms with Crippen molar-refractivity contribution in [2.24, 2.45) is 0 Å². The van der Waals surface area contributed by atoms with E-state index < -0.39 is 0 Å². The summed E-state index contributed by atoms with van der Waals surface area (Å²) >= 11 is 1.19. The maximum atomic E-state index is 2.22. The minimum atomic E-state index is 1.19. The van der Waals surface area contributed by atoms with Crippen LogP contribution in [-0.2, 0) is 17.9 Å². The summed E-state index contributed by atoms with van der Waals surface area (Å²) in [6, 6.07) is 17.6. The number of benzene rings is 2. The fourth-order valence-corrected chi connectivity index (χ4v) is 2.67. The molecule has 0 spiro atoms. The van der Waals surface area contributed by atoms with Crippen LogP contribution in [0.5, 0.6) is 0 Å². The van der Waals surface area contributed by atoms with Crippen molar-refractivity contribution >= 4 is 4.11 Å². The summed E-state index contributed by atoms with van der Waals surface area (Å²) in [6.45, 7) is 4.25. The minimum absolute atomic E-state index is 1.19. The third-order valence-electron chi connectivity index (χ3n) is 2.80. The van der Waals surface area contributed by atoms with Crippen molar-refractivity contribution in [1.82, 2.24) is 0 Å². The molecule has 0 aliphatic heterocycles. The van der Waals surface area contributed by atoms with Crippen LogP contribution in [0.3, 0.4) is 0 Å². The molecule has 16 heavy (non-hydrogen) atoms.